The van der Waals surface area contributed by atoms with E-state index in [2.05, 4.69) is 349 Å². The number of fused-ring (bicyclic) bond motifs is 2. The third-order valence-electron chi connectivity index (χ3n) is 15.9. The Morgan fingerprint density at radius 3 is 0.654 bits per heavy atom. The minimum absolute atomic E-state index is 0.453. The maximum absolute atomic E-state index is 3.70. The average Bonchev–Trinajstić information content (AvgIpc) is 4.60. The third kappa shape index (κ3) is 11.5. The van der Waals surface area contributed by atoms with E-state index in [0.717, 1.165) is 12.8 Å². The highest BCUT2D eigenvalue weighted by molar-refractivity contribution is 7.20. The molecule has 4 atom stereocenters. The summed E-state index contributed by atoms with van der Waals surface area (Å²) in [6, 6.07) is 110. The van der Waals surface area contributed by atoms with Crippen molar-refractivity contribution in [1.29, 1.82) is 0 Å². The summed E-state index contributed by atoms with van der Waals surface area (Å²) in [5, 5.41) is 7.41. The summed E-state index contributed by atoms with van der Waals surface area (Å²) in [6.07, 6.45) is 8.35. The first-order chi connectivity index (χ1) is 38.7. The summed E-state index contributed by atoms with van der Waals surface area (Å²) >= 11 is 0. The quantitative estimate of drug-likeness (QED) is 0.128. The van der Waals surface area contributed by atoms with Crippen molar-refractivity contribution in [2.45, 2.75) is 37.0 Å². The monoisotopic (exact) mass is 1010 g/mol. The highest BCUT2D eigenvalue weighted by Crippen LogP contribution is 2.24. The fourth-order valence-corrected chi connectivity index (χ4v) is 11.9. The lowest BCUT2D eigenvalue weighted by molar-refractivity contribution is -0.469. The van der Waals surface area contributed by atoms with Gasteiger partial charge in [-0.2, -0.15) is 43.7 Å². The number of hydrogen-bond acceptors (Lipinski definition) is 2. The van der Waals surface area contributed by atoms with E-state index in [-0.39, 0.29) is 0 Å². The standard InChI is InChI=1S/2C24H20B.C24H24N4/c2*1-5-13-21(14-6-1)25(22-15-7-2-8-16-22,23-17-9-3-10-18-23)24-19-11-4-12-20-24;1-3-7-17(8-4-1)19-11-13-25-22-16-24(22)28-20(18-9-5-2-6-10-18)12-14-26-21-15-23(21)27-19/h2*1-20H;1-14,21-24,27-28H,15-16H2/q2*-1;/p+2/b;;19-11+,20-12+,25-13?,26-14?/t;;21-,22+,23-,24+. The van der Waals surface area contributed by atoms with Crippen molar-refractivity contribution in [1.82, 2.24) is 10.6 Å². The normalized spacial score (nSPS) is 18.7. The van der Waals surface area contributed by atoms with Gasteiger partial charge in [-0.15, -0.1) is 0 Å². The van der Waals surface area contributed by atoms with Crippen LogP contribution in [0.1, 0.15) is 24.0 Å². The molecule has 0 saturated heterocycles. The zero-order valence-electron chi connectivity index (χ0n) is 44.1. The Morgan fingerprint density at radius 1 is 0.256 bits per heavy atom. The van der Waals surface area contributed by atoms with Gasteiger partial charge in [0, 0.05) is 36.4 Å². The molecule has 0 spiro atoms. The smallest absolute Gasteiger partial charge is 0.173 e. The lowest BCUT2D eigenvalue weighted by Gasteiger charge is -2.44. The maximum atomic E-state index is 3.70. The Hall–Kier alpha value is -9.25. The van der Waals surface area contributed by atoms with E-state index < -0.39 is 12.3 Å². The van der Waals surface area contributed by atoms with Crippen LogP contribution in [0.3, 0.4) is 0 Å². The molecule has 2 saturated carbocycles. The van der Waals surface area contributed by atoms with E-state index in [1.54, 1.807) is 0 Å². The third-order valence-corrected chi connectivity index (χ3v) is 15.9. The van der Waals surface area contributed by atoms with Gasteiger partial charge >= 0.3 is 0 Å². The predicted octanol–water partition coefficient (Wildman–Crippen LogP) is 5.97. The molecule has 0 bridgehead atoms. The Balaban J connectivity index is 0.000000124. The zero-order valence-corrected chi connectivity index (χ0v) is 44.1. The van der Waals surface area contributed by atoms with E-state index in [0.29, 0.717) is 24.2 Å². The van der Waals surface area contributed by atoms with E-state index in [1.165, 1.54) is 66.2 Å². The molecule has 1 heterocycles. The lowest BCUT2D eigenvalue weighted by Crippen LogP contribution is -2.74. The Bertz CT molecular complexity index is 2980. The molecule has 10 aromatic rings. The van der Waals surface area contributed by atoms with Crippen molar-refractivity contribution in [2.75, 3.05) is 0 Å². The zero-order chi connectivity index (χ0) is 52.7. The summed E-state index contributed by atoms with van der Waals surface area (Å²) in [6.45, 7) is 0. The van der Waals surface area contributed by atoms with Crippen LogP contribution < -0.4 is 64.3 Å². The molecular formula is C72H66B2N4. The number of rotatable bonds is 10. The van der Waals surface area contributed by atoms with Gasteiger partial charge in [0.05, 0.1) is 12.1 Å². The van der Waals surface area contributed by atoms with E-state index in [1.807, 2.05) is 0 Å². The molecule has 78 heavy (non-hydrogen) atoms. The Labute approximate surface area is 461 Å². The van der Waals surface area contributed by atoms with Crippen molar-refractivity contribution < 1.29 is 9.98 Å². The van der Waals surface area contributed by atoms with E-state index in [4.69, 9.17) is 0 Å². The van der Waals surface area contributed by atoms with Crippen molar-refractivity contribution in [3.8, 4) is 0 Å². The van der Waals surface area contributed by atoms with Crippen molar-refractivity contribution in [2.24, 2.45) is 0 Å². The fraction of sp³-hybridized carbons (Fsp3) is 0.0833. The Morgan fingerprint density at radius 2 is 0.449 bits per heavy atom. The lowest BCUT2D eigenvalue weighted by atomic mass is 9.13. The minimum atomic E-state index is -1.22. The van der Waals surface area contributed by atoms with Gasteiger partial charge in [0.15, 0.2) is 24.5 Å². The van der Waals surface area contributed by atoms with Crippen molar-refractivity contribution in [3.63, 3.8) is 0 Å². The minimum Gasteiger partial charge on any atom is -0.375 e. The maximum Gasteiger partial charge on any atom is 0.173 e. The summed E-state index contributed by atoms with van der Waals surface area (Å²) in [5.41, 5.74) is 15.5. The summed E-state index contributed by atoms with van der Waals surface area (Å²) in [5.74, 6) is 0. The molecular weight excluding hydrogens is 942 g/mol. The van der Waals surface area contributed by atoms with Gasteiger partial charge in [0.1, 0.15) is 12.3 Å². The van der Waals surface area contributed by atoms with Gasteiger partial charge in [0.2, 0.25) is 0 Å². The summed E-state index contributed by atoms with van der Waals surface area (Å²) in [4.78, 5) is 7.11. The summed E-state index contributed by atoms with van der Waals surface area (Å²) in [7, 11) is 0. The van der Waals surface area contributed by atoms with Crippen LogP contribution in [0.25, 0.3) is 11.4 Å². The molecule has 0 amide bonds. The van der Waals surface area contributed by atoms with E-state index in [9.17, 15) is 0 Å². The largest absolute Gasteiger partial charge is 0.375 e. The highest BCUT2D eigenvalue weighted by atomic mass is 15.1. The molecule has 0 unspecified atom stereocenters. The van der Waals surface area contributed by atoms with Gasteiger partial charge in [-0.1, -0.05) is 303 Å². The second kappa shape index (κ2) is 24.6. The second-order valence-electron chi connectivity index (χ2n) is 20.8. The first-order valence-electron chi connectivity index (χ1n) is 27.7. The second-order valence-corrected chi connectivity index (χ2v) is 20.8. The van der Waals surface area contributed by atoms with Gasteiger partial charge in [0.25, 0.3) is 0 Å². The highest BCUT2D eigenvalue weighted by Gasteiger charge is 2.44. The van der Waals surface area contributed by atoms with Crippen LogP contribution in [-0.2, 0) is 0 Å². The first kappa shape index (κ1) is 50.9. The van der Waals surface area contributed by atoms with E-state index >= 15 is 0 Å². The van der Waals surface area contributed by atoms with Gasteiger partial charge < -0.3 is 10.6 Å². The van der Waals surface area contributed by atoms with Crippen molar-refractivity contribution >= 4 is 79.8 Å². The predicted molar refractivity (Wildman–Crippen MR) is 334 cm³/mol. The number of benzene rings is 10. The molecule has 2 fully saturated rings. The van der Waals surface area contributed by atoms with Crippen LogP contribution in [0.4, 0.5) is 0 Å². The molecule has 2 aliphatic carbocycles. The van der Waals surface area contributed by atoms with Crippen LogP contribution in [0.5, 0.6) is 0 Å². The molecule has 3 aliphatic rings. The molecule has 0 radical (unpaired) electrons. The van der Waals surface area contributed by atoms with Crippen LogP contribution >= 0.6 is 0 Å². The average molecular weight is 1010 g/mol. The van der Waals surface area contributed by atoms with Crippen LogP contribution in [0.15, 0.2) is 315 Å². The molecule has 13 rings (SSSR count). The molecule has 6 heteroatoms. The SMILES string of the molecule is C1=[NH+][C@H]2C[C@@H]2N/C(c2ccccc2)=C/C=[NH+][C@@H]2C[C@H]2N/C(c2ccccc2)=C/1.c1ccc([B-](c2ccccc2)(c2ccccc2)c2ccccc2)cc1.c1ccc([B-](c2ccccc2)(c2ccccc2)c2ccccc2)cc1. The van der Waals surface area contributed by atoms with Gasteiger partial charge in [-0.3, -0.25) is 0 Å². The van der Waals surface area contributed by atoms with Crippen LogP contribution in [0.2, 0.25) is 0 Å². The number of hydrogen-bond donors (Lipinski definition) is 4. The van der Waals surface area contributed by atoms with Gasteiger partial charge in [-0.05, 0) is 11.1 Å². The van der Waals surface area contributed by atoms with Gasteiger partial charge in [-0.25, -0.2) is 9.98 Å². The molecule has 10 aromatic carbocycles. The fourth-order valence-electron chi connectivity index (χ4n) is 11.9. The summed E-state index contributed by atoms with van der Waals surface area (Å²) < 4.78 is 0. The molecule has 1 aliphatic heterocycles. The molecule has 0 aromatic heterocycles. The number of nitrogens with one attached hydrogen (secondary N) is 4. The van der Waals surface area contributed by atoms with Crippen molar-refractivity contribution in [3.05, 3.63) is 327 Å². The molecule has 4 nitrogen and oxygen atoms in total. The van der Waals surface area contributed by atoms with Crippen LogP contribution in [0, 0.1) is 0 Å². The first-order valence-corrected chi connectivity index (χ1v) is 27.7. The molecule has 380 valence electrons. The topological polar surface area (TPSA) is 52.0 Å². The molecule has 4 N–H and O–H groups in total. The number of allylic oxidation sites excluding steroid dienone is 2. The van der Waals surface area contributed by atoms with Crippen LogP contribution in [-0.4, -0.2) is 48.9 Å². The Kier molecular flexibility index (Phi) is 16.1.